The van der Waals surface area contributed by atoms with Crippen molar-refractivity contribution in [2.75, 3.05) is 39.5 Å². The zero-order valence-corrected chi connectivity index (χ0v) is 25.2. The number of thioether (sulfide) groups is 1. The third kappa shape index (κ3) is 7.01. The summed E-state index contributed by atoms with van der Waals surface area (Å²) >= 11 is 1.31. The summed E-state index contributed by atoms with van der Waals surface area (Å²) in [6.07, 6.45) is 0. The standard InChI is InChI=1S/C32H34N4O4S2/c1-35(2)20-22-40-29-15-9-14-28(33-29)30(26-12-7-4-8-13-26)34-31(37)32-36(21-23-41-32)42(38,39)27-18-16-25(17-19-27)24-10-5-3-6-11-24/h3-19,30,32H,20-23H2,1-2H3,(H,34,37)/t30-,32?/m1/s1. The molecule has 1 saturated heterocycles. The van der Waals surface area contributed by atoms with Gasteiger partial charge >= 0.3 is 0 Å². The van der Waals surface area contributed by atoms with Gasteiger partial charge in [0.2, 0.25) is 21.8 Å². The molecule has 4 aromatic rings. The van der Waals surface area contributed by atoms with Crippen LogP contribution in [0, 0.1) is 0 Å². The maximum Gasteiger partial charge on any atom is 0.249 e. The number of carbonyl (C=O) groups excluding carboxylic acids is 1. The number of rotatable bonds is 11. The van der Waals surface area contributed by atoms with Gasteiger partial charge in [-0.2, -0.15) is 4.31 Å². The number of hydrogen-bond acceptors (Lipinski definition) is 7. The monoisotopic (exact) mass is 602 g/mol. The summed E-state index contributed by atoms with van der Waals surface area (Å²) in [4.78, 5) is 20.6. The average Bonchev–Trinajstić information content (AvgIpc) is 3.52. The number of benzene rings is 3. The summed E-state index contributed by atoms with van der Waals surface area (Å²) < 4.78 is 34.6. The molecule has 1 aliphatic rings. The van der Waals surface area contributed by atoms with E-state index in [1.165, 1.54) is 16.1 Å². The lowest BCUT2D eigenvalue weighted by Crippen LogP contribution is -2.46. The molecule has 218 valence electrons. The van der Waals surface area contributed by atoms with Crippen LogP contribution in [0.4, 0.5) is 0 Å². The van der Waals surface area contributed by atoms with E-state index in [1.807, 2.05) is 91.8 Å². The quantitative estimate of drug-likeness (QED) is 0.267. The highest BCUT2D eigenvalue weighted by atomic mass is 32.2. The zero-order valence-electron chi connectivity index (χ0n) is 23.6. The Balaban J connectivity index is 1.36. The topological polar surface area (TPSA) is 91.8 Å². The van der Waals surface area contributed by atoms with E-state index in [0.29, 0.717) is 23.9 Å². The van der Waals surface area contributed by atoms with Gasteiger partial charge in [-0.1, -0.05) is 78.9 Å². The van der Waals surface area contributed by atoms with E-state index in [9.17, 15) is 13.2 Å². The van der Waals surface area contributed by atoms with Crippen LogP contribution in [-0.4, -0.2) is 73.4 Å². The van der Waals surface area contributed by atoms with Gasteiger partial charge in [-0.3, -0.25) is 4.79 Å². The van der Waals surface area contributed by atoms with E-state index in [-0.39, 0.29) is 11.4 Å². The van der Waals surface area contributed by atoms with Crippen molar-refractivity contribution in [3.63, 3.8) is 0 Å². The highest BCUT2D eigenvalue weighted by Crippen LogP contribution is 2.32. The van der Waals surface area contributed by atoms with Gasteiger partial charge in [-0.15, -0.1) is 11.8 Å². The molecule has 1 N–H and O–H groups in total. The third-order valence-corrected chi connectivity index (χ3v) is 10.1. The Bertz CT molecular complexity index is 1580. The number of sulfonamides is 1. The van der Waals surface area contributed by atoms with E-state index >= 15 is 0 Å². The van der Waals surface area contributed by atoms with E-state index in [0.717, 1.165) is 23.2 Å². The summed E-state index contributed by atoms with van der Waals surface area (Å²) in [7, 11) is 0.0325. The predicted molar refractivity (Wildman–Crippen MR) is 167 cm³/mol. The maximum absolute atomic E-state index is 13.8. The zero-order chi connectivity index (χ0) is 29.5. The van der Waals surface area contributed by atoms with Crippen molar-refractivity contribution in [2.24, 2.45) is 0 Å². The van der Waals surface area contributed by atoms with Gasteiger partial charge in [0, 0.05) is 24.9 Å². The first-order chi connectivity index (χ1) is 20.3. The molecule has 0 radical (unpaired) electrons. The van der Waals surface area contributed by atoms with Crippen molar-refractivity contribution in [3.8, 4) is 17.0 Å². The Hall–Kier alpha value is -3.70. The molecule has 8 nitrogen and oxygen atoms in total. The number of carbonyl (C=O) groups is 1. The van der Waals surface area contributed by atoms with Crippen LogP contribution in [0.1, 0.15) is 17.3 Å². The summed E-state index contributed by atoms with van der Waals surface area (Å²) in [6, 6.07) is 31.0. The second kappa shape index (κ2) is 13.5. The number of ether oxygens (including phenoxy) is 1. The Kier molecular flexibility index (Phi) is 9.58. The third-order valence-electron chi connectivity index (χ3n) is 6.89. The van der Waals surface area contributed by atoms with E-state index in [1.54, 1.807) is 30.3 Å². The summed E-state index contributed by atoms with van der Waals surface area (Å²) in [6.45, 7) is 1.46. The van der Waals surface area contributed by atoms with Crippen LogP contribution in [0.25, 0.3) is 11.1 Å². The molecule has 1 aromatic heterocycles. The molecule has 42 heavy (non-hydrogen) atoms. The molecule has 5 rings (SSSR count). The van der Waals surface area contributed by atoms with Gasteiger partial charge in [0.1, 0.15) is 12.0 Å². The SMILES string of the molecule is CN(C)CCOc1cccc([C@H](NC(=O)C2SCCN2S(=O)(=O)c2ccc(-c3ccccc3)cc2)c2ccccc2)n1. The van der Waals surface area contributed by atoms with Crippen LogP contribution in [0.5, 0.6) is 5.88 Å². The molecule has 3 aromatic carbocycles. The Morgan fingerprint density at radius 1 is 0.952 bits per heavy atom. The van der Waals surface area contributed by atoms with Gasteiger partial charge in [0.15, 0.2) is 0 Å². The fourth-order valence-electron chi connectivity index (χ4n) is 4.68. The molecular weight excluding hydrogens is 569 g/mol. The molecule has 1 unspecified atom stereocenters. The molecule has 0 saturated carbocycles. The minimum absolute atomic E-state index is 0.159. The van der Waals surface area contributed by atoms with Crippen molar-refractivity contribution in [3.05, 3.63) is 114 Å². The van der Waals surface area contributed by atoms with E-state index in [2.05, 4.69) is 10.3 Å². The maximum atomic E-state index is 13.8. The molecule has 2 heterocycles. The van der Waals surface area contributed by atoms with Crippen LogP contribution in [0.15, 0.2) is 108 Å². The smallest absolute Gasteiger partial charge is 0.249 e. The van der Waals surface area contributed by atoms with Crippen molar-refractivity contribution in [1.82, 2.24) is 19.5 Å². The highest BCUT2D eigenvalue weighted by Gasteiger charge is 2.41. The number of pyridine rings is 1. The molecule has 10 heteroatoms. The minimum atomic E-state index is -3.91. The normalized spacial score (nSPS) is 16.3. The van der Waals surface area contributed by atoms with Crippen LogP contribution < -0.4 is 10.1 Å². The second-order valence-electron chi connectivity index (χ2n) is 10.1. The number of nitrogens with zero attached hydrogens (tertiary/aromatic N) is 3. The number of hydrogen-bond donors (Lipinski definition) is 1. The molecule has 0 bridgehead atoms. The Morgan fingerprint density at radius 3 is 2.31 bits per heavy atom. The summed E-state index contributed by atoms with van der Waals surface area (Å²) in [5, 5.41) is 2.18. The van der Waals surface area contributed by atoms with Crippen molar-refractivity contribution in [1.29, 1.82) is 0 Å². The van der Waals surface area contributed by atoms with Crippen molar-refractivity contribution >= 4 is 27.7 Å². The summed E-state index contributed by atoms with van der Waals surface area (Å²) in [5.74, 6) is 0.586. The van der Waals surface area contributed by atoms with Gasteiger partial charge in [0.05, 0.1) is 16.6 Å². The molecule has 1 aliphatic heterocycles. The number of nitrogens with one attached hydrogen (secondary N) is 1. The van der Waals surface area contributed by atoms with E-state index < -0.39 is 27.3 Å². The highest BCUT2D eigenvalue weighted by molar-refractivity contribution is 8.02. The van der Waals surface area contributed by atoms with Crippen molar-refractivity contribution < 1.29 is 17.9 Å². The second-order valence-corrected chi connectivity index (χ2v) is 13.2. The fraction of sp³-hybridized carbons (Fsp3) is 0.250. The Morgan fingerprint density at radius 2 is 1.62 bits per heavy atom. The summed E-state index contributed by atoms with van der Waals surface area (Å²) in [5.41, 5.74) is 3.36. The lowest BCUT2D eigenvalue weighted by molar-refractivity contribution is -0.122. The average molecular weight is 603 g/mol. The lowest BCUT2D eigenvalue weighted by atomic mass is 10.0. The Labute approximate surface area is 251 Å². The lowest BCUT2D eigenvalue weighted by Gasteiger charge is -2.26. The molecule has 1 amide bonds. The minimum Gasteiger partial charge on any atom is -0.476 e. The number of amides is 1. The van der Waals surface area contributed by atoms with Gasteiger partial charge in [-0.05, 0) is 49.0 Å². The first-order valence-electron chi connectivity index (χ1n) is 13.7. The van der Waals surface area contributed by atoms with Crippen LogP contribution in [0.3, 0.4) is 0 Å². The van der Waals surface area contributed by atoms with Crippen LogP contribution in [-0.2, 0) is 14.8 Å². The largest absolute Gasteiger partial charge is 0.476 e. The van der Waals surface area contributed by atoms with Crippen molar-refractivity contribution in [2.45, 2.75) is 16.3 Å². The molecular formula is C32H34N4O4S2. The molecule has 0 aliphatic carbocycles. The molecule has 0 spiro atoms. The molecule has 2 atom stereocenters. The number of aromatic nitrogens is 1. The van der Waals surface area contributed by atoms with Crippen LogP contribution in [0.2, 0.25) is 0 Å². The molecule has 1 fully saturated rings. The van der Waals surface area contributed by atoms with E-state index in [4.69, 9.17) is 4.74 Å². The first-order valence-corrected chi connectivity index (χ1v) is 16.2. The van der Waals surface area contributed by atoms with Gasteiger partial charge in [-0.25, -0.2) is 13.4 Å². The van der Waals surface area contributed by atoms with Crippen LogP contribution >= 0.6 is 11.8 Å². The fourth-order valence-corrected chi connectivity index (χ4v) is 7.77. The predicted octanol–water partition coefficient (Wildman–Crippen LogP) is 4.66. The first kappa shape index (κ1) is 29.8. The number of likely N-dealkylation sites (N-methyl/N-ethyl adjacent to an activating group) is 1. The van der Waals surface area contributed by atoms with Gasteiger partial charge < -0.3 is 15.0 Å². The van der Waals surface area contributed by atoms with Gasteiger partial charge in [0.25, 0.3) is 0 Å².